The van der Waals surface area contributed by atoms with E-state index in [4.69, 9.17) is 0 Å². The lowest BCUT2D eigenvalue weighted by Crippen LogP contribution is -2.15. The van der Waals surface area contributed by atoms with Gasteiger partial charge in [-0.25, -0.2) is 0 Å². The fraction of sp³-hybridized carbons (Fsp3) is 0.134. The molecule has 69 heavy (non-hydrogen) atoms. The van der Waals surface area contributed by atoms with Gasteiger partial charge in [0, 0.05) is 38.6 Å². The van der Waals surface area contributed by atoms with E-state index in [1.54, 1.807) is 0 Å². The van der Waals surface area contributed by atoms with Crippen molar-refractivity contribution in [3.63, 3.8) is 0 Å². The number of fused-ring (bicyclic) bond motifs is 7. The average Bonchev–Trinajstić information content (AvgIpc) is 3.87. The van der Waals surface area contributed by atoms with Crippen molar-refractivity contribution in [3.05, 3.63) is 241 Å². The predicted octanol–water partition coefficient (Wildman–Crippen LogP) is 18.8. The van der Waals surface area contributed by atoms with Gasteiger partial charge in [-0.05, 0) is 123 Å². The first-order valence-corrected chi connectivity index (χ1v) is 25.0. The third-order valence-corrected chi connectivity index (χ3v) is 15.6. The Balaban J connectivity index is 1.08. The summed E-state index contributed by atoms with van der Waals surface area (Å²) in [5.41, 5.74) is 21.0. The number of hydrogen-bond donors (Lipinski definition) is 0. The standard InChI is InChI=1S/C67H54N2/c1-67(2)58-36-14-9-29-51(58)52-43-42-47(44-59(52)67)49-28-10-15-37-60(49)69(61-38-16-11-30-53(61)55-34-20-25-46-24-19-33-50(65(46)55)45-22-5-3-6-23-45)62-39-17-12-31-54(62)56-35-21-41-64-66(56)57-32-13-18-40-63(57)68(64)48-26-7-4-8-27-48/h4,7-21,24-45H,3,5-6,22-23H2,1-2H3. The molecule has 2 nitrogen and oxygen atoms in total. The highest BCUT2D eigenvalue weighted by Gasteiger charge is 2.36. The minimum Gasteiger partial charge on any atom is -0.309 e. The molecule has 0 aliphatic heterocycles. The zero-order chi connectivity index (χ0) is 46.1. The number of nitrogens with zero attached hydrogens (tertiary/aromatic N) is 2. The second kappa shape index (κ2) is 16.7. The normalized spacial score (nSPS) is 14.3. The molecule has 2 aliphatic rings. The van der Waals surface area contributed by atoms with Gasteiger partial charge in [0.05, 0.1) is 28.1 Å². The van der Waals surface area contributed by atoms with E-state index in [9.17, 15) is 0 Å². The molecule has 0 atom stereocenters. The van der Waals surface area contributed by atoms with Gasteiger partial charge in [-0.1, -0.05) is 209 Å². The molecule has 0 unspecified atom stereocenters. The van der Waals surface area contributed by atoms with Crippen molar-refractivity contribution in [1.82, 2.24) is 4.57 Å². The molecule has 0 saturated heterocycles. The van der Waals surface area contributed by atoms with E-state index in [2.05, 4.69) is 248 Å². The van der Waals surface area contributed by atoms with Crippen LogP contribution in [0.1, 0.15) is 68.6 Å². The Bertz CT molecular complexity index is 3750. The molecule has 0 amide bonds. The number of anilines is 3. The number of para-hydroxylation sites is 5. The Morgan fingerprint density at radius 1 is 0.406 bits per heavy atom. The van der Waals surface area contributed by atoms with E-state index in [1.165, 1.54) is 126 Å². The maximum absolute atomic E-state index is 2.59. The molecule has 0 radical (unpaired) electrons. The SMILES string of the molecule is CC1(C)c2ccccc2-c2ccc(-c3ccccc3N(c3ccccc3-c3cccc4cccc(C5CCCCC5)c34)c3ccccc3-c3cccc4c3c3ccccc3n4-c3ccccc3)cc21. The van der Waals surface area contributed by atoms with Crippen LogP contribution >= 0.6 is 0 Å². The monoisotopic (exact) mass is 886 g/mol. The van der Waals surface area contributed by atoms with Gasteiger partial charge in [0.15, 0.2) is 0 Å². The van der Waals surface area contributed by atoms with Crippen LogP contribution in [0.25, 0.3) is 82.8 Å². The van der Waals surface area contributed by atoms with E-state index in [-0.39, 0.29) is 5.41 Å². The molecule has 11 aromatic rings. The minimum atomic E-state index is -0.127. The first-order chi connectivity index (χ1) is 34.0. The molecule has 1 heterocycles. The third-order valence-electron chi connectivity index (χ3n) is 15.6. The van der Waals surface area contributed by atoms with Crippen LogP contribution in [-0.2, 0) is 5.41 Å². The first-order valence-electron chi connectivity index (χ1n) is 25.0. The third kappa shape index (κ3) is 6.68. The summed E-state index contributed by atoms with van der Waals surface area (Å²) in [7, 11) is 0. The summed E-state index contributed by atoms with van der Waals surface area (Å²) in [5, 5.41) is 5.18. The summed E-state index contributed by atoms with van der Waals surface area (Å²) in [6.07, 6.45) is 6.42. The maximum Gasteiger partial charge on any atom is 0.0547 e. The smallest absolute Gasteiger partial charge is 0.0547 e. The number of rotatable bonds is 8. The quantitative estimate of drug-likeness (QED) is 0.148. The summed E-state index contributed by atoms with van der Waals surface area (Å²) < 4.78 is 2.43. The van der Waals surface area contributed by atoms with Crippen molar-refractivity contribution in [2.24, 2.45) is 0 Å². The van der Waals surface area contributed by atoms with Crippen LogP contribution in [0.2, 0.25) is 0 Å². The Kier molecular flexibility index (Phi) is 9.98. The van der Waals surface area contributed by atoms with Crippen LogP contribution in [0.3, 0.4) is 0 Å². The van der Waals surface area contributed by atoms with E-state index in [0.717, 1.165) is 22.7 Å². The molecule has 2 aliphatic carbocycles. The second-order valence-electron chi connectivity index (χ2n) is 19.8. The fourth-order valence-corrected chi connectivity index (χ4v) is 12.4. The molecular weight excluding hydrogens is 833 g/mol. The number of hydrogen-bond acceptors (Lipinski definition) is 1. The molecule has 1 fully saturated rings. The molecule has 1 aromatic heterocycles. The molecule has 1 saturated carbocycles. The van der Waals surface area contributed by atoms with Gasteiger partial charge < -0.3 is 9.47 Å². The van der Waals surface area contributed by atoms with Gasteiger partial charge >= 0.3 is 0 Å². The van der Waals surface area contributed by atoms with E-state index < -0.39 is 0 Å². The highest BCUT2D eigenvalue weighted by Crippen LogP contribution is 2.53. The van der Waals surface area contributed by atoms with Crippen molar-refractivity contribution in [2.75, 3.05) is 4.90 Å². The Morgan fingerprint density at radius 3 is 1.68 bits per heavy atom. The van der Waals surface area contributed by atoms with Crippen molar-refractivity contribution in [1.29, 1.82) is 0 Å². The van der Waals surface area contributed by atoms with Crippen LogP contribution in [0.4, 0.5) is 17.1 Å². The average molecular weight is 887 g/mol. The van der Waals surface area contributed by atoms with E-state index in [1.807, 2.05) is 0 Å². The number of aromatic nitrogens is 1. The lowest BCUT2D eigenvalue weighted by Gasteiger charge is -2.32. The van der Waals surface area contributed by atoms with Crippen molar-refractivity contribution in [3.8, 4) is 50.2 Å². The maximum atomic E-state index is 2.59. The van der Waals surface area contributed by atoms with Crippen LogP contribution in [0.5, 0.6) is 0 Å². The second-order valence-corrected chi connectivity index (χ2v) is 19.8. The Hall–Kier alpha value is -7.94. The van der Waals surface area contributed by atoms with Gasteiger partial charge in [-0.2, -0.15) is 0 Å². The molecule has 332 valence electrons. The fourth-order valence-electron chi connectivity index (χ4n) is 12.4. The first kappa shape index (κ1) is 41.3. The summed E-state index contributed by atoms with van der Waals surface area (Å²) in [5.74, 6) is 0.557. The lowest BCUT2D eigenvalue weighted by atomic mass is 9.80. The van der Waals surface area contributed by atoms with Gasteiger partial charge in [0.2, 0.25) is 0 Å². The number of benzene rings is 10. The van der Waals surface area contributed by atoms with Crippen molar-refractivity contribution < 1.29 is 0 Å². The predicted molar refractivity (Wildman–Crippen MR) is 293 cm³/mol. The molecular formula is C67H54N2. The van der Waals surface area contributed by atoms with Crippen molar-refractivity contribution in [2.45, 2.75) is 57.3 Å². The van der Waals surface area contributed by atoms with E-state index in [0.29, 0.717) is 5.92 Å². The highest BCUT2D eigenvalue weighted by atomic mass is 15.2. The lowest BCUT2D eigenvalue weighted by molar-refractivity contribution is 0.445. The van der Waals surface area contributed by atoms with Gasteiger partial charge in [0.1, 0.15) is 0 Å². The summed E-state index contributed by atoms with van der Waals surface area (Å²) >= 11 is 0. The summed E-state index contributed by atoms with van der Waals surface area (Å²) in [6.45, 7) is 4.76. The van der Waals surface area contributed by atoms with Gasteiger partial charge in [-0.15, -0.1) is 0 Å². The van der Waals surface area contributed by atoms with E-state index >= 15 is 0 Å². The molecule has 10 aromatic carbocycles. The van der Waals surface area contributed by atoms with Crippen LogP contribution < -0.4 is 4.90 Å². The molecule has 0 N–H and O–H groups in total. The molecule has 2 heteroatoms. The molecule has 0 bridgehead atoms. The largest absolute Gasteiger partial charge is 0.309 e. The Morgan fingerprint density at radius 2 is 0.942 bits per heavy atom. The summed E-state index contributed by atoms with van der Waals surface area (Å²) in [6, 6.07) is 84.1. The minimum absolute atomic E-state index is 0.127. The van der Waals surface area contributed by atoms with Gasteiger partial charge in [0.25, 0.3) is 0 Å². The topological polar surface area (TPSA) is 8.17 Å². The molecule has 13 rings (SSSR count). The summed E-state index contributed by atoms with van der Waals surface area (Å²) in [4.78, 5) is 2.59. The van der Waals surface area contributed by atoms with Crippen LogP contribution in [0.15, 0.2) is 224 Å². The molecule has 0 spiro atoms. The van der Waals surface area contributed by atoms with Gasteiger partial charge in [-0.3, -0.25) is 0 Å². The highest BCUT2D eigenvalue weighted by molar-refractivity contribution is 6.17. The zero-order valence-corrected chi connectivity index (χ0v) is 39.4. The van der Waals surface area contributed by atoms with Crippen LogP contribution in [0, 0.1) is 0 Å². The van der Waals surface area contributed by atoms with Crippen LogP contribution in [-0.4, -0.2) is 4.57 Å². The van der Waals surface area contributed by atoms with Crippen molar-refractivity contribution >= 4 is 49.6 Å². The zero-order valence-electron chi connectivity index (χ0n) is 39.4. The Labute approximate surface area is 405 Å².